The highest BCUT2D eigenvalue weighted by atomic mass is 79.9. The van der Waals surface area contributed by atoms with Crippen molar-refractivity contribution in [1.29, 1.82) is 0 Å². The van der Waals surface area contributed by atoms with E-state index in [9.17, 15) is 9.59 Å². The molecule has 0 aliphatic carbocycles. The Bertz CT molecular complexity index is 761. The van der Waals surface area contributed by atoms with Crippen molar-refractivity contribution >= 4 is 27.7 Å². The van der Waals surface area contributed by atoms with Crippen LogP contribution >= 0.6 is 15.9 Å². The molecule has 5 nitrogen and oxygen atoms in total. The van der Waals surface area contributed by atoms with Crippen LogP contribution in [0.25, 0.3) is 0 Å². The van der Waals surface area contributed by atoms with Crippen LogP contribution in [0.1, 0.15) is 15.9 Å². The Kier molecular flexibility index (Phi) is 6.41. The minimum atomic E-state index is -0.140. The van der Waals surface area contributed by atoms with Gasteiger partial charge in [-0.3, -0.25) is 9.59 Å². The van der Waals surface area contributed by atoms with Gasteiger partial charge in [0.15, 0.2) is 0 Å². The summed E-state index contributed by atoms with van der Waals surface area (Å²) in [6, 6.07) is 17.0. The summed E-state index contributed by atoms with van der Waals surface area (Å²) in [7, 11) is 0. The third-order valence-corrected chi connectivity index (χ3v) is 4.86. The first kappa shape index (κ1) is 18.6. The summed E-state index contributed by atoms with van der Waals surface area (Å²) in [6.07, 6.45) is 0. The number of piperazine rings is 1. The normalized spacial score (nSPS) is 14.1. The first-order valence-electron chi connectivity index (χ1n) is 8.71. The summed E-state index contributed by atoms with van der Waals surface area (Å²) in [4.78, 5) is 29.2. The predicted molar refractivity (Wildman–Crippen MR) is 105 cm³/mol. The van der Waals surface area contributed by atoms with Gasteiger partial charge in [0, 0.05) is 42.8 Å². The number of amides is 2. The summed E-state index contributed by atoms with van der Waals surface area (Å²) in [5, 5.41) is 3.24. The molecule has 26 heavy (non-hydrogen) atoms. The third kappa shape index (κ3) is 4.93. The fraction of sp³-hybridized carbons (Fsp3) is 0.300. The summed E-state index contributed by atoms with van der Waals surface area (Å²) in [5.41, 5.74) is 1.58. The van der Waals surface area contributed by atoms with Crippen LogP contribution in [0.15, 0.2) is 59.1 Å². The number of halogens is 1. The maximum atomic E-state index is 13.0. The molecule has 1 saturated heterocycles. The monoisotopic (exact) mass is 415 g/mol. The van der Waals surface area contributed by atoms with E-state index in [1.165, 1.54) is 0 Å². The number of benzene rings is 2. The van der Waals surface area contributed by atoms with Crippen LogP contribution in [-0.2, 0) is 11.3 Å². The molecule has 0 unspecified atom stereocenters. The molecule has 136 valence electrons. The number of nitrogens with zero attached hydrogens (tertiary/aromatic N) is 2. The number of carbonyl (C=O) groups is 2. The van der Waals surface area contributed by atoms with Gasteiger partial charge < -0.3 is 15.1 Å². The second-order valence-corrected chi connectivity index (χ2v) is 7.20. The highest BCUT2D eigenvalue weighted by Gasteiger charge is 2.23. The lowest BCUT2D eigenvalue weighted by Crippen LogP contribution is -2.50. The van der Waals surface area contributed by atoms with Gasteiger partial charge in [0.1, 0.15) is 6.54 Å². The number of hydrogen-bond acceptors (Lipinski definition) is 3. The molecule has 1 fully saturated rings. The van der Waals surface area contributed by atoms with Crippen molar-refractivity contribution < 1.29 is 9.59 Å². The van der Waals surface area contributed by atoms with Gasteiger partial charge in [0.05, 0.1) is 0 Å². The van der Waals surface area contributed by atoms with Gasteiger partial charge in [-0.25, -0.2) is 0 Å². The van der Waals surface area contributed by atoms with Crippen molar-refractivity contribution in [3.63, 3.8) is 0 Å². The quantitative estimate of drug-likeness (QED) is 0.815. The van der Waals surface area contributed by atoms with E-state index in [1.54, 1.807) is 17.0 Å². The van der Waals surface area contributed by atoms with Crippen molar-refractivity contribution in [3.8, 4) is 0 Å². The largest absolute Gasteiger partial charge is 0.339 e. The lowest BCUT2D eigenvalue weighted by Gasteiger charge is -2.30. The maximum absolute atomic E-state index is 13.0. The molecule has 1 N–H and O–H groups in total. The topological polar surface area (TPSA) is 52.7 Å². The lowest BCUT2D eigenvalue weighted by atomic mass is 10.1. The van der Waals surface area contributed by atoms with E-state index in [1.807, 2.05) is 47.4 Å². The molecule has 1 heterocycles. The van der Waals surface area contributed by atoms with E-state index in [-0.39, 0.29) is 18.4 Å². The minimum absolute atomic E-state index is 0.00854. The van der Waals surface area contributed by atoms with Crippen molar-refractivity contribution in [2.45, 2.75) is 6.54 Å². The van der Waals surface area contributed by atoms with Gasteiger partial charge in [-0.15, -0.1) is 0 Å². The van der Waals surface area contributed by atoms with E-state index >= 15 is 0 Å². The van der Waals surface area contributed by atoms with Gasteiger partial charge in [0.2, 0.25) is 5.91 Å². The van der Waals surface area contributed by atoms with Crippen LogP contribution in [0.4, 0.5) is 0 Å². The molecule has 3 rings (SSSR count). The third-order valence-electron chi connectivity index (χ3n) is 4.37. The van der Waals surface area contributed by atoms with Crippen molar-refractivity contribution in [2.75, 3.05) is 32.7 Å². The first-order chi connectivity index (χ1) is 12.6. The SMILES string of the molecule is O=C(CN(Cc1ccccc1)C(=O)c1cccc(Br)c1)N1CCNCC1. The molecular formula is C20H22BrN3O2. The van der Waals surface area contributed by atoms with Crippen molar-refractivity contribution in [3.05, 3.63) is 70.2 Å². The Morgan fingerprint density at radius 2 is 1.77 bits per heavy atom. The fourth-order valence-corrected chi connectivity index (χ4v) is 3.38. The zero-order valence-electron chi connectivity index (χ0n) is 14.5. The number of hydrogen-bond donors (Lipinski definition) is 1. The standard InChI is InChI=1S/C20H22BrN3O2/c21-18-8-4-7-17(13-18)20(26)24(14-16-5-2-1-3-6-16)15-19(25)23-11-9-22-10-12-23/h1-8,13,22H,9-12,14-15H2. The van der Waals surface area contributed by atoms with Crippen molar-refractivity contribution in [2.24, 2.45) is 0 Å². The summed E-state index contributed by atoms with van der Waals surface area (Å²) < 4.78 is 0.844. The van der Waals surface area contributed by atoms with Gasteiger partial charge in [-0.1, -0.05) is 52.3 Å². The zero-order chi connectivity index (χ0) is 18.4. The molecule has 0 aromatic heterocycles. The average Bonchev–Trinajstić information content (AvgIpc) is 2.68. The summed E-state index contributed by atoms with van der Waals surface area (Å²) in [5.74, 6) is -0.149. The van der Waals surface area contributed by atoms with Gasteiger partial charge >= 0.3 is 0 Å². The molecule has 2 amide bonds. The Labute approximate surface area is 162 Å². The molecule has 2 aromatic carbocycles. The lowest BCUT2D eigenvalue weighted by molar-refractivity contribution is -0.132. The van der Waals surface area contributed by atoms with Crippen LogP contribution in [0, 0.1) is 0 Å². The van der Waals surface area contributed by atoms with Gasteiger partial charge in [0.25, 0.3) is 5.91 Å². The van der Waals surface area contributed by atoms with Crippen LogP contribution < -0.4 is 5.32 Å². The molecule has 0 spiro atoms. The maximum Gasteiger partial charge on any atom is 0.254 e. The fourth-order valence-electron chi connectivity index (χ4n) is 2.98. The zero-order valence-corrected chi connectivity index (χ0v) is 16.1. The van der Waals surface area contributed by atoms with Crippen molar-refractivity contribution in [1.82, 2.24) is 15.1 Å². The molecule has 1 aliphatic rings. The highest BCUT2D eigenvalue weighted by Crippen LogP contribution is 2.15. The van der Waals surface area contributed by atoms with Crippen LogP contribution in [0.2, 0.25) is 0 Å². The van der Waals surface area contributed by atoms with Crippen LogP contribution in [0.3, 0.4) is 0 Å². The molecule has 6 heteroatoms. The molecule has 2 aromatic rings. The Balaban J connectivity index is 1.78. The number of rotatable bonds is 5. The summed E-state index contributed by atoms with van der Waals surface area (Å²) >= 11 is 3.41. The second kappa shape index (κ2) is 8.96. The average molecular weight is 416 g/mol. The molecule has 0 bridgehead atoms. The van der Waals surface area contributed by atoms with E-state index in [0.717, 1.165) is 23.1 Å². The first-order valence-corrected chi connectivity index (χ1v) is 9.50. The Morgan fingerprint density at radius 1 is 1.04 bits per heavy atom. The minimum Gasteiger partial charge on any atom is -0.339 e. The Morgan fingerprint density at radius 3 is 2.46 bits per heavy atom. The molecule has 0 radical (unpaired) electrons. The van der Waals surface area contributed by atoms with E-state index in [4.69, 9.17) is 0 Å². The van der Waals surface area contributed by atoms with Gasteiger partial charge in [-0.05, 0) is 23.8 Å². The number of nitrogens with one attached hydrogen (secondary N) is 1. The smallest absolute Gasteiger partial charge is 0.254 e. The predicted octanol–water partition coefficient (Wildman–Crippen LogP) is 2.52. The molecule has 1 aliphatic heterocycles. The van der Waals surface area contributed by atoms with E-state index in [2.05, 4.69) is 21.2 Å². The second-order valence-electron chi connectivity index (χ2n) is 6.29. The molecular weight excluding hydrogens is 394 g/mol. The van der Waals surface area contributed by atoms with Gasteiger partial charge in [-0.2, -0.15) is 0 Å². The van der Waals surface area contributed by atoms with Crippen LogP contribution in [-0.4, -0.2) is 54.3 Å². The summed E-state index contributed by atoms with van der Waals surface area (Å²) in [6.45, 7) is 3.45. The Hall–Kier alpha value is -2.18. The van der Waals surface area contributed by atoms with Crippen LogP contribution in [0.5, 0.6) is 0 Å². The number of carbonyl (C=O) groups excluding carboxylic acids is 2. The van der Waals surface area contributed by atoms with E-state index in [0.29, 0.717) is 25.2 Å². The highest BCUT2D eigenvalue weighted by molar-refractivity contribution is 9.10. The molecule has 0 atom stereocenters. The van der Waals surface area contributed by atoms with E-state index < -0.39 is 0 Å². The molecule has 0 saturated carbocycles.